The van der Waals surface area contributed by atoms with Crippen LogP contribution in [0.3, 0.4) is 0 Å². The minimum absolute atomic E-state index is 0.240. The summed E-state index contributed by atoms with van der Waals surface area (Å²) in [6.07, 6.45) is 1.66. The summed E-state index contributed by atoms with van der Waals surface area (Å²) in [7, 11) is 1.89. The van der Waals surface area contributed by atoms with Crippen molar-refractivity contribution in [2.24, 2.45) is 5.92 Å². The molecule has 19 heavy (non-hydrogen) atoms. The Labute approximate surface area is 119 Å². The normalized spacial score (nSPS) is 18.5. The lowest BCUT2D eigenvalue weighted by atomic mass is 10.0. The number of ether oxygens (including phenoxy) is 1. The predicted molar refractivity (Wildman–Crippen MR) is 78.3 cm³/mol. The molecule has 0 spiro atoms. The first-order valence-electron chi connectivity index (χ1n) is 6.75. The SMILES string of the molecule is CN(CCSc1ccccc1)C(=O)CC1CCOC1. The Morgan fingerprint density at radius 1 is 1.42 bits per heavy atom. The number of amides is 1. The van der Waals surface area contributed by atoms with E-state index in [0.29, 0.717) is 12.3 Å². The topological polar surface area (TPSA) is 29.5 Å². The minimum Gasteiger partial charge on any atom is -0.381 e. The van der Waals surface area contributed by atoms with E-state index in [2.05, 4.69) is 12.1 Å². The number of rotatable bonds is 6. The molecule has 104 valence electrons. The highest BCUT2D eigenvalue weighted by Crippen LogP contribution is 2.19. The molecule has 1 aromatic carbocycles. The van der Waals surface area contributed by atoms with Gasteiger partial charge in [-0.1, -0.05) is 18.2 Å². The van der Waals surface area contributed by atoms with Crippen molar-refractivity contribution in [3.8, 4) is 0 Å². The van der Waals surface area contributed by atoms with Crippen LogP contribution in [0.2, 0.25) is 0 Å². The molecular weight excluding hydrogens is 258 g/mol. The fraction of sp³-hybridized carbons (Fsp3) is 0.533. The lowest BCUT2D eigenvalue weighted by Gasteiger charge is -2.18. The maximum Gasteiger partial charge on any atom is 0.222 e. The van der Waals surface area contributed by atoms with Gasteiger partial charge in [0.2, 0.25) is 5.91 Å². The Morgan fingerprint density at radius 3 is 2.89 bits per heavy atom. The number of hydrogen-bond donors (Lipinski definition) is 0. The van der Waals surface area contributed by atoms with Gasteiger partial charge in [-0.25, -0.2) is 0 Å². The lowest BCUT2D eigenvalue weighted by molar-refractivity contribution is -0.130. The van der Waals surface area contributed by atoms with Gasteiger partial charge in [-0.3, -0.25) is 4.79 Å². The second-order valence-electron chi connectivity index (χ2n) is 4.91. The highest BCUT2D eigenvalue weighted by molar-refractivity contribution is 7.99. The van der Waals surface area contributed by atoms with Gasteiger partial charge in [-0.15, -0.1) is 11.8 Å². The number of carbonyl (C=O) groups excluding carboxylic acids is 1. The highest BCUT2D eigenvalue weighted by Gasteiger charge is 2.20. The average Bonchev–Trinajstić information content (AvgIpc) is 2.92. The molecule has 1 atom stereocenters. The summed E-state index contributed by atoms with van der Waals surface area (Å²) in [6, 6.07) is 10.3. The summed E-state index contributed by atoms with van der Waals surface area (Å²) in [5, 5.41) is 0. The molecule has 1 aromatic rings. The van der Waals surface area contributed by atoms with Gasteiger partial charge in [-0.05, 0) is 24.5 Å². The van der Waals surface area contributed by atoms with E-state index in [1.54, 1.807) is 11.8 Å². The molecule has 2 rings (SSSR count). The molecule has 0 bridgehead atoms. The lowest BCUT2D eigenvalue weighted by Crippen LogP contribution is -2.30. The molecule has 0 aromatic heterocycles. The summed E-state index contributed by atoms with van der Waals surface area (Å²) in [5.41, 5.74) is 0. The molecule has 0 saturated carbocycles. The van der Waals surface area contributed by atoms with Gasteiger partial charge in [0.05, 0.1) is 0 Å². The predicted octanol–water partition coefficient (Wildman–Crippen LogP) is 2.66. The molecule has 3 nitrogen and oxygen atoms in total. The van der Waals surface area contributed by atoms with Crippen molar-refractivity contribution in [3.63, 3.8) is 0 Å². The zero-order chi connectivity index (χ0) is 13.5. The Bertz CT molecular complexity index is 390. The Morgan fingerprint density at radius 2 is 2.21 bits per heavy atom. The van der Waals surface area contributed by atoms with E-state index in [1.807, 2.05) is 30.1 Å². The maximum atomic E-state index is 12.0. The van der Waals surface area contributed by atoms with Crippen LogP contribution in [-0.4, -0.2) is 43.4 Å². The van der Waals surface area contributed by atoms with Crippen molar-refractivity contribution < 1.29 is 9.53 Å². The van der Waals surface area contributed by atoms with Crippen molar-refractivity contribution >= 4 is 17.7 Å². The van der Waals surface area contributed by atoms with Crippen LogP contribution >= 0.6 is 11.8 Å². The number of benzene rings is 1. The van der Waals surface area contributed by atoms with E-state index in [0.717, 1.165) is 31.9 Å². The van der Waals surface area contributed by atoms with E-state index in [9.17, 15) is 4.79 Å². The van der Waals surface area contributed by atoms with Crippen LogP contribution in [0, 0.1) is 5.92 Å². The van der Waals surface area contributed by atoms with E-state index in [4.69, 9.17) is 4.74 Å². The van der Waals surface area contributed by atoms with Crippen molar-refractivity contribution in [2.45, 2.75) is 17.7 Å². The number of nitrogens with zero attached hydrogens (tertiary/aromatic N) is 1. The molecule has 1 amide bonds. The van der Waals surface area contributed by atoms with Crippen molar-refractivity contribution in [1.29, 1.82) is 0 Å². The molecular formula is C15H21NO2S. The minimum atomic E-state index is 0.240. The second-order valence-corrected chi connectivity index (χ2v) is 6.08. The van der Waals surface area contributed by atoms with Crippen molar-refractivity contribution in [3.05, 3.63) is 30.3 Å². The molecule has 1 aliphatic rings. The second kappa shape index (κ2) is 7.56. The molecule has 1 unspecified atom stereocenters. The summed E-state index contributed by atoms with van der Waals surface area (Å²) < 4.78 is 5.30. The van der Waals surface area contributed by atoms with Crippen LogP contribution in [0.1, 0.15) is 12.8 Å². The number of thioether (sulfide) groups is 1. The van der Waals surface area contributed by atoms with Gasteiger partial charge in [-0.2, -0.15) is 0 Å². The third-order valence-electron chi connectivity index (χ3n) is 3.35. The molecule has 1 fully saturated rings. The summed E-state index contributed by atoms with van der Waals surface area (Å²) in [5.74, 6) is 1.61. The molecule has 1 aliphatic heterocycles. The van der Waals surface area contributed by atoms with Gasteiger partial charge in [0, 0.05) is 43.9 Å². The van der Waals surface area contributed by atoms with Crippen LogP contribution in [-0.2, 0) is 9.53 Å². The van der Waals surface area contributed by atoms with Crippen LogP contribution in [0.4, 0.5) is 0 Å². The number of carbonyl (C=O) groups is 1. The first-order valence-corrected chi connectivity index (χ1v) is 7.74. The molecule has 4 heteroatoms. The Hall–Kier alpha value is -1.00. The van der Waals surface area contributed by atoms with E-state index < -0.39 is 0 Å². The van der Waals surface area contributed by atoms with Gasteiger partial charge in [0.25, 0.3) is 0 Å². The van der Waals surface area contributed by atoms with E-state index in [1.165, 1.54) is 4.90 Å². The van der Waals surface area contributed by atoms with Gasteiger partial charge in [0.15, 0.2) is 0 Å². The smallest absolute Gasteiger partial charge is 0.222 e. The molecule has 0 radical (unpaired) electrons. The largest absolute Gasteiger partial charge is 0.381 e. The Balaban J connectivity index is 1.65. The standard InChI is InChI=1S/C15H21NO2S/c1-16(15(17)11-13-7-9-18-12-13)8-10-19-14-5-3-2-4-6-14/h2-6,13H,7-12H2,1H3. The van der Waals surface area contributed by atoms with Crippen molar-refractivity contribution in [2.75, 3.05) is 32.6 Å². The van der Waals surface area contributed by atoms with E-state index in [-0.39, 0.29) is 5.91 Å². The molecule has 0 aliphatic carbocycles. The van der Waals surface area contributed by atoms with Gasteiger partial charge in [0.1, 0.15) is 0 Å². The zero-order valence-electron chi connectivity index (χ0n) is 11.4. The van der Waals surface area contributed by atoms with Crippen LogP contribution < -0.4 is 0 Å². The molecule has 1 saturated heterocycles. The highest BCUT2D eigenvalue weighted by atomic mass is 32.2. The quantitative estimate of drug-likeness (QED) is 0.750. The monoisotopic (exact) mass is 279 g/mol. The fourth-order valence-corrected chi connectivity index (χ4v) is 3.04. The summed E-state index contributed by atoms with van der Waals surface area (Å²) in [4.78, 5) is 15.1. The Kier molecular flexibility index (Phi) is 5.73. The van der Waals surface area contributed by atoms with Crippen LogP contribution in [0.15, 0.2) is 35.2 Å². The van der Waals surface area contributed by atoms with Gasteiger partial charge >= 0.3 is 0 Å². The van der Waals surface area contributed by atoms with Crippen LogP contribution in [0.25, 0.3) is 0 Å². The van der Waals surface area contributed by atoms with Crippen molar-refractivity contribution in [1.82, 2.24) is 4.90 Å². The summed E-state index contributed by atoms with van der Waals surface area (Å²) in [6.45, 7) is 2.36. The third kappa shape index (κ3) is 4.88. The maximum absolute atomic E-state index is 12.0. The fourth-order valence-electron chi connectivity index (χ4n) is 2.09. The zero-order valence-corrected chi connectivity index (χ0v) is 12.2. The molecule has 1 heterocycles. The third-order valence-corrected chi connectivity index (χ3v) is 4.34. The first-order chi connectivity index (χ1) is 9.25. The van der Waals surface area contributed by atoms with Crippen LogP contribution in [0.5, 0.6) is 0 Å². The van der Waals surface area contributed by atoms with E-state index >= 15 is 0 Å². The summed E-state index contributed by atoms with van der Waals surface area (Å²) >= 11 is 1.79. The number of hydrogen-bond acceptors (Lipinski definition) is 3. The molecule has 0 N–H and O–H groups in total. The average molecular weight is 279 g/mol. The first kappa shape index (κ1) is 14.4. The van der Waals surface area contributed by atoms with Gasteiger partial charge < -0.3 is 9.64 Å².